The number of carbonyl (C=O) groups is 1. The topological polar surface area (TPSA) is 49.3 Å². The van der Waals surface area contributed by atoms with Crippen LogP contribution in [0.3, 0.4) is 0 Å². The van der Waals surface area contributed by atoms with Crippen LogP contribution < -0.4 is 5.32 Å². The van der Waals surface area contributed by atoms with Crippen LogP contribution in [0.2, 0.25) is 0 Å². The van der Waals surface area contributed by atoms with Crippen LogP contribution >= 0.6 is 0 Å². The van der Waals surface area contributed by atoms with Gasteiger partial charge in [0, 0.05) is 17.2 Å². The summed E-state index contributed by atoms with van der Waals surface area (Å²) in [4.78, 5) is 12.3. The number of amides is 1. The van der Waals surface area contributed by atoms with Crippen molar-refractivity contribution in [2.75, 3.05) is 11.9 Å². The number of aliphatic hydroxyl groups is 1. The van der Waals surface area contributed by atoms with Crippen molar-refractivity contribution < 1.29 is 9.90 Å². The molecule has 0 saturated heterocycles. The van der Waals surface area contributed by atoms with Crippen LogP contribution in [0, 0.1) is 30.6 Å². The van der Waals surface area contributed by atoms with E-state index in [0.717, 1.165) is 48.4 Å². The Morgan fingerprint density at radius 1 is 1.33 bits per heavy atom. The zero-order valence-corrected chi connectivity index (χ0v) is 12.8. The molecule has 0 spiro atoms. The van der Waals surface area contributed by atoms with E-state index < -0.39 is 0 Å². The molecule has 1 aliphatic carbocycles. The zero-order chi connectivity index (χ0) is 15.2. The van der Waals surface area contributed by atoms with Crippen LogP contribution in [-0.4, -0.2) is 17.6 Å². The predicted octanol–water partition coefficient (Wildman–Crippen LogP) is 3.10. The molecule has 3 heteroatoms. The molecule has 0 radical (unpaired) electrons. The zero-order valence-electron chi connectivity index (χ0n) is 12.8. The van der Waals surface area contributed by atoms with E-state index in [0.29, 0.717) is 0 Å². The Balaban J connectivity index is 1.99. The summed E-state index contributed by atoms with van der Waals surface area (Å²) in [6.07, 6.45) is 4.28. The smallest absolute Gasteiger partial charge is 0.227 e. The van der Waals surface area contributed by atoms with Crippen molar-refractivity contribution in [3.05, 3.63) is 29.3 Å². The van der Waals surface area contributed by atoms with Crippen LogP contribution in [-0.2, 0) is 4.79 Å². The first-order chi connectivity index (χ1) is 10.1. The third kappa shape index (κ3) is 4.34. The van der Waals surface area contributed by atoms with Crippen molar-refractivity contribution in [3.8, 4) is 11.8 Å². The molecule has 0 heterocycles. The lowest BCUT2D eigenvalue weighted by Gasteiger charge is -2.25. The molecule has 2 rings (SSSR count). The van der Waals surface area contributed by atoms with Crippen molar-refractivity contribution in [3.63, 3.8) is 0 Å². The minimum atomic E-state index is -0.141. The minimum Gasteiger partial charge on any atom is -0.384 e. The molecule has 1 saturated carbocycles. The first kappa shape index (κ1) is 15.6. The highest BCUT2D eigenvalue weighted by Crippen LogP contribution is 2.29. The molecule has 0 aromatic heterocycles. The molecule has 0 bridgehead atoms. The van der Waals surface area contributed by atoms with Crippen LogP contribution in [0.4, 0.5) is 5.69 Å². The first-order valence-electron chi connectivity index (χ1n) is 7.61. The van der Waals surface area contributed by atoms with Crippen molar-refractivity contribution in [2.45, 2.75) is 39.5 Å². The third-order valence-corrected chi connectivity index (χ3v) is 4.18. The van der Waals surface area contributed by atoms with E-state index in [2.05, 4.69) is 24.1 Å². The fourth-order valence-electron chi connectivity index (χ4n) is 2.78. The van der Waals surface area contributed by atoms with Gasteiger partial charge in [-0.2, -0.15) is 0 Å². The number of hydrogen-bond acceptors (Lipinski definition) is 2. The fourth-order valence-corrected chi connectivity index (χ4v) is 2.78. The average molecular weight is 285 g/mol. The maximum Gasteiger partial charge on any atom is 0.227 e. The molecule has 1 aromatic carbocycles. The third-order valence-electron chi connectivity index (χ3n) is 4.18. The number of aryl methyl sites for hydroxylation is 1. The monoisotopic (exact) mass is 285 g/mol. The maximum absolute atomic E-state index is 12.3. The molecule has 0 aliphatic heterocycles. The summed E-state index contributed by atoms with van der Waals surface area (Å²) in [5, 5.41) is 11.7. The molecule has 1 amide bonds. The van der Waals surface area contributed by atoms with E-state index in [9.17, 15) is 4.79 Å². The number of nitrogens with one attached hydrogen (secondary N) is 1. The number of hydrogen-bond donors (Lipinski definition) is 2. The quantitative estimate of drug-likeness (QED) is 0.820. The lowest BCUT2D eigenvalue weighted by Crippen LogP contribution is -2.26. The number of aliphatic hydroxyl groups excluding tert-OH is 1. The van der Waals surface area contributed by atoms with Gasteiger partial charge in [-0.05, 0) is 62.3 Å². The minimum absolute atomic E-state index is 0.135. The summed E-state index contributed by atoms with van der Waals surface area (Å²) in [5.41, 5.74) is 2.71. The number of anilines is 1. The summed E-state index contributed by atoms with van der Waals surface area (Å²) in [6, 6.07) is 5.69. The Morgan fingerprint density at radius 2 is 2.05 bits per heavy atom. The van der Waals surface area contributed by atoms with E-state index >= 15 is 0 Å². The van der Waals surface area contributed by atoms with Gasteiger partial charge < -0.3 is 10.4 Å². The Kier molecular flexibility index (Phi) is 5.41. The fraction of sp³-hybridized carbons (Fsp3) is 0.500. The molecule has 3 nitrogen and oxygen atoms in total. The van der Waals surface area contributed by atoms with Crippen molar-refractivity contribution >= 4 is 11.6 Å². The summed E-state index contributed by atoms with van der Waals surface area (Å²) < 4.78 is 0. The molecule has 21 heavy (non-hydrogen) atoms. The van der Waals surface area contributed by atoms with Crippen LogP contribution in [0.25, 0.3) is 0 Å². The van der Waals surface area contributed by atoms with Gasteiger partial charge in [-0.1, -0.05) is 18.8 Å². The van der Waals surface area contributed by atoms with E-state index in [1.54, 1.807) is 0 Å². The van der Waals surface area contributed by atoms with Gasteiger partial charge in [0.1, 0.15) is 6.61 Å². The van der Waals surface area contributed by atoms with E-state index in [-0.39, 0.29) is 18.4 Å². The van der Waals surface area contributed by atoms with Gasteiger partial charge >= 0.3 is 0 Å². The summed E-state index contributed by atoms with van der Waals surface area (Å²) >= 11 is 0. The molecule has 1 aromatic rings. The first-order valence-corrected chi connectivity index (χ1v) is 7.61. The summed E-state index contributed by atoms with van der Waals surface area (Å²) in [7, 11) is 0. The molecule has 2 N–H and O–H groups in total. The molecule has 1 fully saturated rings. The SMILES string of the molecule is Cc1cc(NC(=O)C2CCC(C)CC2)ccc1C#CCO. The number of carbonyl (C=O) groups excluding carboxylic acids is 1. The summed E-state index contributed by atoms with van der Waals surface area (Å²) in [5.74, 6) is 6.57. The Hall–Kier alpha value is -1.79. The Labute approximate surface area is 126 Å². The Bertz CT molecular complexity index is 560. The highest BCUT2D eigenvalue weighted by molar-refractivity contribution is 5.92. The van der Waals surface area contributed by atoms with Crippen LogP contribution in [0.1, 0.15) is 43.7 Å². The van der Waals surface area contributed by atoms with Gasteiger partial charge in [0.2, 0.25) is 5.91 Å². The van der Waals surface area contributed by atoms with Crippen molar-refractivity contribution in [1.82, 2.24) is 0 Å². The van der Waals surface area contributed by atoms with Gasteiger partial charge in [-0.3, -0.25) is 4.79 Å². The predicted molar refractivity (Wildman–Crippen MR) is 84.9 cm³/mol. The molecular formula is C18H23NO2. The number of benzene rings is 1. The normalized spacial score (nSPS) is 21.3. The second-order valence-electron chi connectivity index (χ2n) is 5.94. The van der Waals surface area contributed by atoms with Gasteiger partial charge in [-0.15, -0.1) is 0 Å². The van der Waals surface area contributed by atoms with Crippen LogP contribution in [0.15, 0.2) is 18.2 Å². The highest BCUT2D eigenvalue weighted by Gasteiger charge is 2.24. The maximum atomic E-state index is 12.3. The Morgan fingerprint density at radius 3 is 2.67 bits per heavy atom. The van der Waals surface area contributed by atoms with Crippen molar-refractivity contribution in [2.24, 2.45) is 11.8 Å². The second-order valence-corrected chi connectivity index (χ2v) is 5.94. The van der Waals surface area contributed by atoms with Gasteiger partial charge in [0.05, 0.1) is 0 Å². The number of rotatable bonds is 2. The molecular weight excluding hydrogens is 262 g/mol. The van der Waals surface area contributed by atoms with E-state index in [4.69, 9.17) is 5.11 Å². The van der Waals surface area contributed by atoms with E-state index in [1.807, 2.05) is 25.1 Å². The van der Waals surface area contributed by atoms with Crippen molar-refractivity contribution in [1.29, 1.82) is 0 Å². The molecule has 1 aliphatic rings. The van der Waals surface area contributed by atoms with Gasteiger partial charge in [0.15, 0.2) is 0 Å². The highest BCUT2D eigenvalue weighted by atomic mass is 16.2. The van der Waals surface area contributed by atoms with Gasteiger partial charge in [-0.25, -0.2) is 0 Å². The lowest BCUT2D eigenvalue weighted by molar-refractivity contribution is -0.121. The largest absolute Gasteiger partial charge is 0.384 e. The second kappa shape index (κ2) is 7.28. The molecule has 112 valence electrons. The van der Waals surface area contributed by atoms with E-state index in [1.165, 1.54) is 0 Å². The van der Waals surface area contributed by atoms with Crippen LogP contribution in [0.5, 0.6) is 0 Å². The summed E-state index contributed by atoms with van der Waals surface area (Å²) in [6.45, 7) is 4.07. The lowest BCUT2D eigenvalue weighted by atomic mass is 9.82. The van der Waals surface area contributed by atoms with Gasteiger partial charge in [0.25, 0.3) is 0 Å². The molecule has 0 unspecified atom stereocenters. The molecule has 0 atom stereocenters. The average Bonchev–Trinajstić information content (AvgIpc) is 2.47. The standard InChI is InChI=1S/C18H23NO2/c1-13-5-7-16(8-6-13)18(21)19-17-10-9-15(4-3-11-20)14(2)12-17/h9-10,12-13,16,20H,5-8,11H2,1-2H3,(H,19,21).